The second-order valence-corrected chi connectivity index (χ2v) is 17.7. The summed E-state index contributed by atoms with van der Waals surface area (Å²) in [6.07, 6.45) is 13.2. The van der Waals surface area contributed by atoms with Gasteiger partial charge in [-0.05, 0) is 79.4 Å². The predicted octanol–water partition coefficient (Wildman–Crippen LogP) is 5.53. The standard InChI is InChI=1S/C40H49N3O8S/c1-3-29-21-40(29,39(47)42-52(48,49)31-14-15-31)22-35(44)34-19-30-23-43(34)38(46)33(27-10-5-4-6-11-27)20-36(45)50-24-25(2)8-7-9-26-12-13-28-16-17-41-37(51-30)32(28)18-26/h3,7,9,12-13,16-18,25,27,29-31,33-34H,1,4-6,8,10-11,14-15,19-24H2,2H3,(H,42,47)/b9-7+/t25-,29+,30-,33+,34+,40-/m1/s1. The average molecular weight is 732 g/mol. The van der Waals surface area contributed by atoms with Crippen LogP contribution in [0.25, 0.3) is 16.8 Å². The molecule has 7 rings (SSSR count). The monoisotopic (exact) mass is 731 g/mol. The number of Topliss-reactive ketones (excluding diaryl/α,β-unsaturated/α-hetero) is 1. The molecule has 0 spiro atoms. The number of allylic oxidation sites excluding steroid dienone is 2. The summed E-state index contributed by atoms with van der Waals surface area (Å²) in [5.41, 5.74) is -0.304. The third kappa shape index (κ3) is 7.68. The van der Waals surface area contributed by atoms with E-state index in [4.69, 9.17) is 9.47 Å². The lowest BCUT2D eigenvalue weighted by atomic mass is 9.77. The Hall–Kier alpha value is -4.06. The van der Waals surface area contributed by atoms with Gasteiger partial charge in [-0.3, -0.25) is 23.9 Å². The number of carbonyl (C=O) groups is 4. The Morgan fingerprint density at radius 1 is 1.12 bits per heavy atom. The Labute approximate surface area is 305 Å². The minimum atomic E-state index is -3.83. The number of cyclic esters (lactones) is 1. The first kappa shape index (κ1) is 36.3. The number of nitrogens with zero attached hydrogens (tertiary/aromatic N) is 2. The van der Waals surface area contributed by atoms with Crippen molar-refractivity contribution >= 4 is 50.4 Å². The van der Waals surface area contributed by atoms with Crippen LogP contribution in [0.15, 0.2) is 49.2 Å². The van der Waals surface area contributed by atoms with Crippen molar-refractivity contribution in [2.24, 2.45) is 29.1 Å². The Bertz CT molecular complexity index is 1880. The normalized spacial score (nSPS) is 30.9. The van der Waals surface area contributed by atoms with Crippen molar-refractivity contribution in [3.8, 4) is 5.88 Å². The van der Waals surface area contributed by atoms with Gasteiger partial charge in [-0.15, -0.1) is 6.58 Å². The highest BCUT2D eigenvalue weighted by Gasteiger charge is 2.61. The van der Waals surface area contributed by atoms with Crippen molar-refractivity contribution in [3.63, 3.8) is 0 Å². The van der Waals surface area contributed by atoms with E-state index in [-0.39, 0.29) is 61.9 Å². The SMILES string of the molecule is C=C[C@H]1C[C@]1(CC(=O)[C@@H]1C[C@@H]2CN1C(=O)[C@H](C1CCCCC1)CC(=O)OC[C@H](C)C/C=C/c1ccc3ccnc(c3c1)O2)C(=O)NS(=O)(=O)C1CC1. The third-order valence-electron chi connectivity index (χ3n) is 11.8. The molecule has 52 heavy (non-hydrogen) atoms. The van der Waals surface area contributed by atoms with Crippen LogP contribution in [0, 0.1) is 29.1 Å². The van der Waals surface area contributed by atoms with Crippen LogP contribution in [0.2, 0.25) is 0 Å². The van der Waals surface area contributed by atoms with E-state index in [1.807, 2.05) is 37.3 Å². The van der Waals surface area contributed by atoms with Crippen molar-refractivity contribution in [2.45, 2.75) is 101 Å². The number of pyridine rings is 1. The molecule has 278 valence electrons. The summed E-state index contributed by atoms with van der Waals surface area (Å²) in [5, 5.41) is 1.15. The largest absolute Gasteiger partial charge is 0.472 e. The second kappa shape index (κ2) is 14.8. The van der Waals surface area contributed by atoms with E-state index in [1.165, 1.54) is 0 Å². The molecule has 4 bridgehead atoms. The van der Waals surface area contributed by atoms with Crippen LogP contribution in [-0.4, -0.2) is 72.4 Å². The molecule has 1 saturated heterocycles. The Morgan fingerprint density at radius 3 is 2.63 bits per heavy atom. The zero-order chi connectivity index (χ0) is 36.6. The minimum Gasteiger partial charge on any atom is -0.472 e. The van der Waals surface area contributed by atoms with E-state index in [0.29, 0.717) is 31.6 Å². The number of sulfonamides is 1. The fourth-order valence-corrected chi connectivity index (χ4v) is 9.82. The first-order chi connectivity index (χ1) is 25.0. The number of hydrogen-bond acceptors (Lipinski definition) is 9. The van der Waals surface area contributed by atoms with E-state index >= 15 is 0 Å². The molecule has 5 aliphatic rings. The molecular weight excluding hydrogens is 683 g/mol. The molecule has 0 unspecified atom stereocenters. The third-order valence-corrected chi connectivity index (χ3v) is 13.6. The summed E-state index contributed by atoms with van der Waals surface area (Å²) in [6.45, 7) is 6.18. The summed E-state index contributed by atoms with van der Waals surface area (Å²) in [6, 6.07) is 6.98. The predicted molar refractivity (Wildman–Crippen MR) is 195 cm³/mol. The number of amides is 2. The number of benzene rings is 1. The molecule has 1 aromatic carbocycles. The van der Waals surface area contributed by atoms with Crippen LogP contribution >= 0.6 is 0 Å². The maximum absolute atomic E-state index is 14.8. The van der Waals surface area contributed by atoms with Gasteiger partial charge in [0.05, 0.1) is 42.2 Å². The summed E-state index contributed by atoms with van der Waals surface area (Å²) in [4.78, 5) is 62.3. The molecule has 1 N–H and O–H groups in total. The maximum Gasteiger partial charge on any atom is 0.306 e. The maximum atomic E-state index is 14.8. The number of fused-ring (bicyclic) bond motifs is 3. The Morgan fingerprint density at radius 2 is 1.90 bits per heavy atom. The van der Waals surface area contributed by atoms with Gasteiger partial charge >= 0.3 is 5.97 Å². The number of aromatic nitrogens is 1. The highest BCUT2D eigenvalue weighted by Crippen LogP contribution is 2.57. The number of carbonyl (C=O) groups excluding carboxylic acids is 4. The molecular formula is C40H49N3O8S. The fraction of sp³-hybridized carbons (Fsp3) is 0.575. The van der Waals surface area contributed by atoms with Crippen molar-refractivity contribution in [1.29, 1.82) is 0 Å². The summed E-state index contributed by atoms with van der Waals surface area (Å²) in [7, 11) is -3.83. The molecule has 2 aromatic rings. The quantitative estimate of drug-likeness (QED) is 0.274. The molecule has 2 aliphatic heterocycles. The van der Waals surface area contributed by atoms with Crippen molar-refractivity contribution in [3.05, 3.63) is 54.8 Å². The van der Waals surface area contributed by atoms with Gasteiger partial charge in [0.1, 0.15) is 6.10 Å². The smallest absolute Gasteiger partial charge is 0.306 e. The van der Waals surface area contributed by atoms with Gasteiger partial charge in [-0.1, -0.05) is 56.5 Å². The van der Waals surface area contributed by atoms with E-state index in [2.05, 4.69) is 22.4 Å². The summed E-state index contributed by atoms with van der Waals surface area (Å²) >= 11 is 0. The summed E-state index contributed by atoms with van der Waals surface area (Å²) in [5.74, 6) is -2.37. The van der Waals surface area contributed by atoms with Crippen LogP contribution < -0.4 is 9.46 Å². The number of esters is 1. The highest BCUT2D eigenvalue weighted by atomic mass is 32.2. The molecule has 2 amide bonds. The molecule has 11 nitrogen and oxygen atoms in total. The minimum absolute atomic E-state index is 0.0352. The first-order valence-corrected chi connectivity index (χ1v) is 20.4. The number of ketones is 1. The van der Waals surface area contributed by atoms with Crippen molar-refractivity contribution < 1.29 is 37.1 Å². The van der Waals surface area contributed by atoms with E-state index < -0.39 is 50.6 Å². The molecule has 3 saturated carbocycles. The Balaban J connectivity index is 1.22. The average Bonchev–Trinajstić information content (AvgIpc) is 4.06. The number of nitrogens with one attached hydrogen (secondary N) is 1. The molecule has 12 heteroatoms. The highest BCUT2D eigenvalue weighted by molar-refractivity contribution is 7.90. The van der Waals surface area contributed by atoms with Crippen molar-refractivity contribution in [1.82, 2.24) is 14.6 Å². The lowest BCUT2D eigenvalue weighted by Gasteiger charge is -2.34. The van der Waals surface area contributed by atoms with Crippen molar-refractivity contribution in [2.75, 3.05) is 13.2 Å². The zero-order valence-corrected chi connectivity index (χ0v) is 30.7. The lowest BCUT2D eigenvalue weighted by Crippen LogP contribution is -2.48. The molecule has 1 aromatic heterocycles. The zero-order valence-electron chi connectivity index (χ0n) is 29.8. The van der Waals surface area contributed by atoms with Gasteiger partial charge < -0.3 is 14.4 Å². The molecule has 0 radical (unpaired) electrons. The van der Waals surface area contributed by atoms with Gasteiger partial charge in [0, 0.05) is 24.4 Å². The van der Waals surface area contributed by atoms with E-state index in [9.17, 15) is 27.6 Å². The van der Waals surface area contributed by atoms with Gasteiger partial charge in [-0.25, -0.2) is 13.4 Å². The van der Waals surface area contributed by atoms with Crippen LogP contribution in [0.5, 0.6) is 5.88 Å². The van der Waals surface area contributed by atoms with Gasteiger partial charge in [-0.2, -0.15) is 0 Å². The molecule has 6 atom stereocenters. The van der Waals surface area contributed by atoms with Gasteiger partial charge in [0.15, 0.2) is 5.78 Å². The lowest BCUT2D eigenvalue weighted by molar-refractivity contribution is -0.153. The number of rotatable bonds is 8. The first-order valence-electron chi connectivity index (χ1n) is 18.9. The van der Waals surface area contributed by atoms with Crippen LogP contribution in [-0.2, 0) is 33.9 Å². The Kier molecular flexibility index (Phi) is 10.3. The molecule has 4 fully saturated rings. The number of ether oxygens (including phenoxy) is 2. The van der Waals surface area contributed by atoms with Gasteiger partial charge in [0.25, 0.3) is 0 Å². The van der Waals surface area contributed by atoms with Crippen LogP contribution in [0.4, 0.5) is 0 Å². The summed E-state index contributed by atoms with van der Waals surface area (Å²) < 4.78 is 40.0. The second-order valence-electron chi connectivity index (χ2n) is 15.7. The fourth-order valence-electron chi connectivity index (χ4n) is 8.44. The van der Waals surface area contributed by atoms with Gasteiger partial charge in [0.2, 0.25) is 27.7 Å². The van der Waals surface area contributed by atoms with E-state index in [0.717, 1.165) is 48.4 Å². The number of hydrogen-bond donors (Lipinski definition) is 1. The van der Waals surface area contributed by atoms with Crippen LogP contribution in [0.1, 0.15) is 89.5 Å². The van der Waals surface area contributed by atoms with E-state index in [1.54, 1.807) is 17.2 Å². The molecule has 3 aliphatic carbocycles. The molecule has 3 heterocycles. The topological polar surface area (TPSA) is 149 Å². The van der Waals surface area contributed by atoms with Crippen LogP contribution in [0.3, 0.4) is 0 Å².